The van der Waals surface area contributed by atoms with Crippen molar-refractivity contribution in [3.8, 4) is 5.75 Å². The first kappa shape index (κ1) is 26.5. The predicted octanol–water partition coefficient (Wildman–Crippen LogP) is 5.42. The van der Waals surface area contributed by atoms with Gasteiger partial charge in [0.05, 0.1) is 12.2 Å². The summed E-state index contributed by atoms with van der Waals surface area (Å²) in [7, 11) is -2.97. The number of amides is 1. The average molecular weight is 528 g/mol. The van der Waals surface area contributed by atoms with Gasteiger partial charge in [-0.05, 0) is 60.2 Å². The molecule has 0 aromatic heterocycles. The smallest absolute Gasteiger partial charge is 0.383 e. The molecule has 0 aliphatic heterocycles. The molecule has 11 heteroatoms. The van der Waals surface area contributed by atoms with Crippen LogP contribution in [0, 0.1) is 0 Å². The topological polar surface area (TPSA) is 72.9 Å². The monoisotopic (exact) mass is 527 g/mol. The van der Waals surface area contributed by atoms with E-state index in [9.17, 15) is 26.4 Å². The Balaban J connectivity index is 1.74. The highest BCUT2D eigenvalue weighted by atomic mass is 35.5. The summed E-state index contributed by atoms with van der Waals surface area (Å²) >= 11 is 5.89. The van der Waals surface area contributed by atoms with E-state index in [1.807, 2.05) is 0 Å². The van der Waals surface area contributed by atoms with Crippen LogP contribution in [0.1, 0.15) is 21.5 Å². The van der Waals surface area contributed by atoms with Crippen LogP contribution in [0.3, 0.4) is 0 Å². The predicted molar refractivity (Wildman–Crippen MR) is 124 cm³/mol. The summed E-state index contributed by atoms with van der Waals surface area (Å²) in [4.78, 5) is 13.9. The van der Waals surface area contributed by atoms with E-state index >= 15 is 0 Å². The van der Waals surface area contributed by atoms with Gasteiger partial charge in [-0.1, -0.05) is 29.8 Å². The number of alkyl halides is 3. The summed E-state index contributed by atoms with van der Waals surface area (Å²) in [5, 5.41) is 0.501. The third kappa shape index (κ3) is 7.20. The van der Waals surface area contributed by atoms with Crippen LogP contribution in [0.4, 0.5) is 13.2 Å². The largest absolute Gasteiger partial charge is 0.416 e. The Morgan fingerprint density at radius 1 is 1.00 bits per heavy atom. The van der Waals surface area contributed by atoms with Crippen LogP contribution in [-0.4, -0.2) is 39.5 Å². The molecule has 3 aromatic carbocycles. The lowest BCUT2D eigenvalue weighted by molar-refractivity contribution is -0.137. The van der Waals surface area contributed by atoms with Crippen molar-refractivity contribution in [2.45, 2.75) is 17.6 Å². The fourth-order valence-electron chi connectivity index (χ4n) is 3.10. The number of halogens is 4. The molecule has 0 N–H and O–H groups in total. The van der Waals surface area contributed by atoms with Gasteiger partial charge in [-0.25, -0.2) is 0 Å². The molecule has 0 heterocycles. The zero-order valence-electron chi connectivity index (χ0n) is 18.5. The van der Waals surface area contributed by atoms with Gasteiger partial charge in [0.2, 0.25) is 0 Å². The quantitative estimate of drug-likeness (QED) is 0.348. The summed E-state index contributed by atoms with van der Waals surface area (Å²) in [6.07, 6.45) is -4.69. The Hall–Kier alpha value is -3.08. The number of hydrogen-bond acceptors (Lipinski definition) is 5. The number of benzene rings is 3. The van der Waals surface area contributed by atoms with Crippen molar-refractivity contribution < 1.29 is 35.3 Å². The second kappa shape index (κ2) is 11.1. The Bertz CT molecular complexity index is 1260. The van der Waals surface area contributed by atoms with Crippen molar-refractivity contribution in [3.63, 3.8) is 0 Å². The van der Waals surface area contributed by atoms with Crippen molar-refractivity contribution in [2.24, 2.45) is 0 Å². The maximum absolute atomic E-state index is 12.9. The number of methoxy groups -OCH3 is 1. The third-order valence-electron chi connectivity index (χ3n) is 4.90. The molecule has 35 heavy (non-hydrogen) atoms. The molecule has 0 atom stereocenters. The summed E-state index contributed by atoms with van der Waals surface area (Å²) in [6, 6.07) is 15.6. The standard InChI is InChI=1S/C24H21ClF3NO5S/c1-33-14-13-29(23(30)18-7-9-20(25)10-8-18)16-17-5-11-21(12-6-17)34-35(31,32)22-4-2-3-19(15-22)24(26,27)28/h2-12,15H,13-14,16H2,1H3. The van der Waals surface area contributed by atoms with E-state index in [0.717, 1.165) is 18.2 Å². The second-order valence-electron chi connectivity index (χ2n) is 7.43. The first-order valence-corrected chi connectivity index (χ1v) is 12.0. The van der Waals surface area contributed by atoms with Gasteiger partial charge in [-0.15, -0.1) is 0 Å². The van der Waals surface area contributed by atoms with Crippen LogP contribution in [-0.2, 0) is 27.6 Å². The van der Waals surface area contributed by atoms with Crippen LogP contribution in [0.25, 0.3) is 0 Å². The molecular formula is C24H21ClF3NO5S. The molecule has 3 rings (SSSR count). The van der Waals surface area contributed by atoms with Crippen LogP contribution < -0.4 is 4.18 Å². The zero-order chi connectivity index (χ0) is 25.6. The highest BCUT2D eigenvalue weighted by Gasteiger charge is 2.32. The highest BCUT2D eigenvalue weighted by Crippen LogP contribution is 2.31. The average Bonchev–Trinajstić information content (AvgIpc) is 2.82. The molecule has 0 fully saturated rings. The SMILES string of the molecule is COCCN(Cc1ccc(OS(=O)(=O)c2cccc(C(F)(F)F)c2)cc1)C(=O)c1ccc(Cl)cc1. The van der Waals surface area contributed by atoms with E-state index in [1.165, 1.54) is 19.2 Å². The molecule has 0 bridgehead atoms. The summed E-state index contributed by atoms with van der Waals surface area (Å²) in [6.45, 7) is 0.807. The number of nitrogens with zero attached hydrogens (tertiary/aromatic N) is 1. The van der Waals surface area contributed by atoms with Gasteiger partial charge in [-0.2, -0.15) is 21.6 Å². The molecule has 0 unspecified atom stereocenters. The Kier molecular flexibility index (Phi) is 8.42. The molecule has 0 spiro atoms. The molecule has 0 radical (unpaired) electrons. The highest BCUT2D eigenvalue weighted by molar-refractivity contribution is 7.87. The summed E-state index contributed by atoms with van der Waals surface area (Å²) < 4.78 is 73.8. The maximum Gasteiger partial charge on any atom is 0.416 e. The van der Waals surface area contributed by atoms with E-state index in [2.05, 4.69) is 0 Å². The summed E-state index contributed by atoms with van der Waals surface area (Å²) in [5.41, 5.74) is 0.0175. The van der Waals surface area contributed by atoms with E-state index in [1.54, 1.807) is 41.3 Å². The van der Waals surface area contributed by atoms with Crippen molar-refractivity contribution in [1.29, 1.82) is 0 Å². The van der Waals surface area contributed by atoms with E-state index in [-0.39, 0.29) is 18.2 Å². The molecule has 6 nitrogen and oxygen atoms in total. The first-order valence-electron chi connectivity index (χ1n) is 10.2. The number of rotatable bonds is 9. The number of carbonyl (C=O) groups is 1. The molecule has 3 aromatic rings. The zero-order valence-corrected chi connectivity index (χ0v) is 20.0. The normalized spacial score (nSPS) is 11.8. The van der Waals surface area contributed by atoms with Crippen molar-refractivity contribution >= 4 is 27.6 Å². The Labute approximate surface area is 206 Å². The minimum absolute atomic E-state index is 0.0846. The molecule has 0 saturated heterocycles. The van der Waals surface area contributed by atoms with Crippen LogP contribution in [0.2, 0.25) is 5.02 Å². The molecule has 0 aliphatic rings. The van der Waals surface area contributed by atoms with Gasteiger partial charge < -0.3 is 13.8 Å². The van der Waals surface area contributed by atoms with Gasteiger partial charge in [0.1, 0.15) is 10.6 Å². The van der Waals surface area contributed by atoms with Crippen molar-refractivity contribution in [3.05, 3.63) is 94.5 Å². The number of ether oxygens (including phenoxy) is 1. The molecular weight excluding hydrogens is 507 g/mol. The Morgan fingerprint density at radius 2 is 1.66 bits per heavy atom. The van der Waals surface area contributed by atoms with Gasteiger partial charge in [0.15, 0.2) is 0 Å². The fourth-order valence-corrected chi connectivity index (χ4v) is 4.21. The molecule has 0 saturated carbocycles. The van der Waals surface area contributed by atoms with E-state index in [0.29, 0.717) is 35.4 Å². The lowest BCUT2D eigenvalue weighted by Crippen LogP contribution is -2.33. The minimum Gasteiger partial charge on any atom is -0.383 e. The number of carbonyl (C=O) groups excluding carboxylic acids is 1. The van der Waals surface area contributed by atoms with Crippen LogP contribution >= 0.6 is 11.6 Å². The fraction of sp³-hybridized carbons (Fsp3) is 0.208. The van der Waals surface area contributed by atoms with E-state index < -0.39 is 26.8 Å². The van der Waals surface area contributed by atoms with E-state index in [4.69, 9.17) is 20.5 Å². The molecule has 0 aliphatic carbocycles. The lowest BCUT2D eigenvalue weighted by Gasteiger charge is -2.23. The lowest BCUT2D eigenvalue weighted by atomic mass is 10.1. The molecule has 186 valence electrons. The van der Waals surface area contributed by atoms with Crippen molar-refractivity contribution in [2.75, 3.05) is 20.3 Å². The van der Waals surface area contributed by atoms with Crippen molar-refractivity contribution in [1.82, 2.24) is 4.90 Å². The minimum atomic E-state index is -4.69. The van der Waals surface area contributed by atoms with Gasteiger partial charge in [-0.3, -0.25) is 4.79 Å². The Morgan fingerprint density at radius 3 is 2.26 bits per heavy atom. The first-order chi connectivity index (χ1) is 16.5. The van der Waals surface area contributed by atoms with Crippen LogP contribution in [0.15, 0.2) is 77.7 Å². The summed E-state index contributed by atoms with van der Waals surface area (Å²) in [5.74, 6) is -0.329. The van der Waals surface area contributed by atoms with Gasteiger partial charge in [0.25, 0.3) is 5.91 Å². The maximum atomic E-state index is 12.9. The second-order valence-corrected chi connectivity index (χ2v) is 9.42. The van der Waals surface area contributed by atoms with Gasteiger partial charge >= 0.3 is 16.3 Å². The molecule has 1 amide bonds. The van der Waals surface area contributed by atoms with Gasteiger partial charge in [0, 0.05) is 30.8 Å². The number of hydrogen-bond donors (Lipinski definition) is 0. The van der Waals surface area contributed by atoms with Crippen LogP contribution in [0.5, 0.6) is 5.75 Å². The third-order valence-corrected chi connectivity index (χ3v) is 6.39.